The minimum absolute atomic E-state index is 0.0104. The van der Waals surface area contributed by atoms with Crippen LogP contribution in [0.5, 0.6) is 0 Å². The third-order valence-corrected chi connectivity index (χ3v) is 16.0. The Labute approximate surface area is 527 Å². The first kappa shape index (κ1) is 62.6. The Morgan fingerprint density at radius 2 is 0.739 bits per heavy atom. The molecule has 0 radical (unpaired) electrons. The summed E-state index contributed by atoms with van der Waals surface area (Å²) in [7, 11) is 0. The van der Waals surface area contributed by atoms with Crippen molar-refractivity contribution in [1.29, 1.82) is 5.41 Å². The fourth-order valence-electron chi connectivity index (χ4n) is 11.1. The molecule has 0 aromatic heterocycles. The number of nitrogens with one attached hydrogen (secondary N) is 1. The third kappa shape index (κ3) is 16.6. The summed E-state index contributed by atoms with van der Waals surface area (Å²) in [6.07, 6.45) is -13.2. The van der Waals surface area contributed by atoms with Crippen molar-refractivity contribution in [3.05, 3.63) is 275 Å². The van der Waals surface area contributed by atoms with Crippen LogP contribution in [-0.4, -0.2) is 97.1 Å². The van der Waals surface area contributed by atoms with Crippen molar-refractivity contribution in [3.8, 4) is 11.1 Å². The Morgan fingerprint density at radius 1 is 0.386 bits per heavy atom. The lowest BCUT2D eigenvalue weighted by molar-refractivity contribution is -0.370. The van der Waals surface area contributed by atoms with E-state index < -0.39 is 77.3 Å². The van der Waals surface area contributed by atoms with Gasteiger partial charge in [-0.05, 0) is 55.6 Å². The zero-order valence-corrected chi connectivity index (χ0v) is 50.4. The Morgan fingerprint density at radius 3 is 1.17 bits per heavy atom. The van der Waals surface area contributed by atoms with Crippen LogP contribution in [0.15, 0.2) is 231 Å². The molecule has 2 saturated heterocycles. The van der Waals surface area contributed by atoms with Gasteiger partial charge in [-0.25, -0.2) is 4.79 Å². The van der Waals surface area contributed by atoms with Crippen molar-refractivity contribution in [2.75, 3.05) is 19.8 Å². The molecule has 8 aromatic rings. The maximum Gasteiger partial charge on any atom is 0.508 e. The molecule has 1 N–H and O–H groups in total. The molecule has 14 nitrogen and oxygen atoms in total. The van der Waals surface area contributed by atoms with Gasteiger partial charge in [0.05, 0.1) is 52.9 Å². The van der Waals surface area contributed by atoms with E-state index in [0.717, 1.165) is 55.6 Å². The van der Waals surface area contributed by atoms with E-state index in [-0.39, 0.29) is 65.4 Å². The summed E-state index contributed by atoms with van der Waals surface area (Å²) in [6, 6.07) is 74.0. The van der Waals surface area contributed by atoms with Crippen molar-refractivity contribution >= 4 is 46.9 Å². The van der Waals surface area contributed by atoms with Crippen LogP contribution in [0.3, 0.4) is 0 Å². The molecule has 8 aromatic carbocycles. The molecule has 0 amide bonds. The number of alkyl halides is 3. The van der Waals surface area contributed by atoms with Crippen molar-refractivity contribution in [2.24, 2.45) is 0 Å². The van der Waals surface area contributed by atoms with Crippen LogP contribution in [0.25, 0.3) is 11.1 Å². The second-order valence-electron chi connectivity index (χ2n) is 21.5. The van der Waals surface area contributed by atoms with Gasteiger partial charge in [0.15, 0.2) is 12.4 Å². The molecule has 456 valence electrons. The fraction of sp³-hybridized carbons (Fsp3) is 0.296. The van der Waals surface area contributed by atoms with Crippen molar-refractivity contribution < 1.29 is 61.6 Å². The first-order valence-electron chi connectivity index (χ1n) is 29.3. The van der Waals surface area contributed by atoms with E-state index >= 15 is 0 Å². The number of hydrogen-bond acceptors (Lipinski definition) is 14. The minimum Gasteiger partial charge on any atom is -0.445 e. The number of benzene rings is 8. The lowest BCUT2D eigenvalue weighted by Gasteiger charge is -2.50. The number of halogens is 3. The summed E-state index contributed by atoms with van der Waals surface area (Å²) >= 11 is 19.0. The number of fused-ring (bicyclic) bond motifs is 3. The van der Waals surface area contributed by atoms with Crippen LogP contribution in [0.4, 0.5) is 4.79 Å². The molecule has 2 fully saturated rings. The van der Waals surface area contributed by atoms with Gasteiger partial charge in [0, 0.05) is 5.92 Å². The molecule has 10 atom stereocenters. The summed E-state index contributed by atoms with van der Waals surface area (Å²) in [6.45, 7) is 0.322. The summed E-state index contributed by atoms with van der Waals surface area (Å²) in [5.74, 6) is -0.998. The average Bonchev–Trinajstić information content (AvgIpc) is 1.42. The van der Waals surface area contributed by atoms with Crippen LogP contribution in [0.1, 0.15) is 50.4 Å². The van der Waals surface area contributed by atoms with E-state index in [1.807, 2.05) is 206 Å². The molecule has 2 heterocycles. The smallest absolute Gasteiger partial charge is 0.445 e. The van der Waals surface area contributed by atoms with Gasteiger partial charge in [-0.3, -0.25) is 5.41 Å². The van der Waals surface area contributed by atoms with Crippen LogP contribution in [0, 0.1) is 5.41 Å². The molecule has 0 spiro atoms. The third-order valence-electron chi connectivity index (χ3n) is 15.5. The normalized spacial score (nSPS) is 22.5. The number of hydrogen-bond donors (Lipinski definition) is 1. The largest absolute Gasteiger partial charge is 0.508 e. The molecule has 88 heavy (non-hydrogen) atoms. The Kier molecular flexibility index (Phi) is 22.0. The van der Waals surface area contributed by atoms with Gasteiger partial charge in [0.1, 0.15) is 49.3 Å². The van der Waals surface area contributed by atoms with E-state index in [4.69, 9.17) is 97.1 Å². The van der Waals surface area contributed by atoms with Gasteiger partial charge in [0.25, 0.3) is 3.79 Å². The molecule has 0 saturated carbocycles. The number of rotatable bonds is 26. The number of carbonyl (C=O) groups is 1. The molecular formula is C71H68Cl3NO13. The Hall–Kier alpha value is -6.99. The van der Waals surface area contributed by atoms with Crippen molar-refractivity contribution in [1.82, 2.24) is 0 Å². The summed E-state index contributed by atoms with van der Waals surface area (Å²) in [4.78, 5) is 14.9. The number of carbonyl (C=O) groups excluding carboxylic acids is 1. The highest BCUT2D eigenvalue weighted by molar-refractivity contribution is 6.76. The average molecular weight is 1250 g/mol. The zero-order chi connectivity index (χ0) is 60.5. The Bertz CT molecular complexity index is 3380. The zero-order valence-electron chi connectivity index (χ0n) is 48.1. The van der Waals surface area contributed by atoms with Crippen LogP contribution >= 0.6 is 34.8 Å². The van der Waals surface area contributed by atoms with Gasteiger partial charge in [0.2, 0.25) is 12.2 Å². The first-order chi connectivity index (χ1) is 43.1. The van der Waals surface area contributed by atoms with Gasteiger partial charge in [-0.2, -0.15) is 0 Å². The van der Waals surface area contributed by atoms with E-state index in [9.17, 15) is 4.79 Å². The minimum atomic E-state index is -2.29. The SMILES string of the molecule is N=C(O[C@@H]1O[C@H](COCc2ccccc2)[C@@H](O[C@@H]2O[C@H](COCc3ccccc3)[C@H](OCc3ccccc3)[C@H](OC(=O)OCC3c4ccccc4-c4ccccc43)[C@H]2OCc2ccccc2)[C@H](OCc2ccccc2)[C@H]1OCc1ccccc1)C(Cl)(Cl)Cl. The highest BCUT2D eigenvalue weighted by Gasteiger charge is 2.56. The topological polar surface area (TPSA) is 152 Å². The highest BCUT2D eigenvalue weighted by Crippen LogP contribution is 2.45. The van der Waals surface area contributed by atoms with Crippen molar-refractivity contribution in [3.63, 3.8) is 0 Å². The molecule has 3 aliphatic rings. The molecular weight excluding hydrogens is 1180 g/mol. The second-order valence-corrected chi connectivity index (χ2v) is 23.8. The maximum absolute atomic E-state index is 14.9. The highest BCUT2D eigenvalue weighted by atomic mass is 35.6. The van der Waals surface area contributed by atoms with Crippen LogP contribution < -0.4 is 0 Å². The van der Waals surface area contributed by atoms with E-state index in [1.54, 1.807) is 0 Å². The Balaban J connectivity index is 1.00. The van der Waals surface area contributed by atoms with E-state index in [0.29, 0.717) is 0 Å². The fourth-order valence-corrected chi connectivity index (χ4v) is 11.3. The van der Waals surface area contributed by atoms with E-state index in [2.05, 4.69) is 24.3 Å². The van der Waals surface area contributed by atoms with E-state index in [1.165, 1.54) is 0 Å². The van der Waals surface area contributed by atoms with Crippen LogP contribution in [-0.2, 0) is 96.5 Å². The first-order valence-corrected chi connectivity index (χ1v) is 30.4. The second kappa shape index (κ2) is 31.0. The van der Waals surface area contributed by atoms with Gasteiger partial charge >= 0.3 is 6.16 Å². The quantitative estimate of drug-likeness (QED) is 0.0237. The molecule has 0 bridgehead atoms. The molecule has 2 aliphatic heterocycles. The predicted octanol–water partition coefficient (Wildman–Crippen LogP) is 14.3. The molecule has 1 aliphatic carbocycles. The lowest BCUT2D eigenvalue weighted by atomic mass is 9.95. The van der Waals surface area contributed by atoms with Gasteiger partial charge < -0.3 is 56.8 Å². The summed E-state index contributed by atoms with van der Waals surface area (Å²) in [5.41, 5.74) is 9.30. The molecule has 0 unspecified atom stereocenters. The van der Waals surface area contributed by atoms with Gasteiger partial charge in [-0.1, -0.05) is 265 Å². The monoisotopic (exact) mass is 1250 g/mol. The van der Waals surface area contributed by atoms with Crippen molar-refractivity contribution in [2.45, 2.75) is 111 Å². The molecule has 11 rings (SSSR count). The maximum atomic E-state index is 14.9. The lowest BCUT2D eigenvalue weighted by Crippen LogP contribution is -2.67. The van der Waals surface area contributed by atoms with Gasteiger partial charge in [-0.15, -0.1) is 0 Å². The standard InChI is InChI=1S/C71H68Cl3NO13/c72-71(73,74)69(75)88-68-65(81-43-52-31-15-5-16-32-52)63(80-42-51-29-13-4-14-30-51)62(60(85-68)47-78-40-49-25-9-2-10-26-49)86-67-66(82-44-53-33-17-6-18-34-53)64(87-70(76)83-45-58-56-37-21-19-35-54(56)55-36-20-22-38-57(55)58)61(79-41-50-27-11-3-12-28-50)59(84-67)46-77-39-48-23-7-1-8-24-48/h1-38,58-68,75H,39-47H2/t59-,60-,61+,62-,63+,64+,65-,66-,67+,68+/m1/s1. The predicted molar refractivity (Wildman–Crippen MR) is 334 cm³/mol. The molecule has 17 heteroatoms. The summed E-state index contributed by atoms with van der Waals surface area (Å²) < 4.78 is 79.5. The van der Waals surface area contributed by atoms with Crippen LogP contribution in [0.2, 0.25) is 0 Å². The number of ether oxygens (including phenoxy) is 12. The summed E-state index contributed by atoms with van der Waals surface area (Å²) in [5, 5.41) is 8.87.